The number of nitrogens with zero attached hydrogens (tertiary/aromatic N) is 1. The summed E-state index contributed by atoms with van der Waals surface area (Å²) >= 11 is 0. The number of allylic oxidation sites excluding steroid dienone is 1. The van der Waals surface area contributed by atoms with Crippen molar-refractivity contribution in [2.75, 3.05) is 6.54 Å². The van der Waals surface area contributed by atoms with Crippen LogP contribution in [0.5, 0.6) is 0 Å². The normalized spacial score (nSPS) is 16.4. The Hall–Kier alpha value is -2.13. The lowest BCUT2D eigenvalue weighted by Crippen LogP contribution is -2.13. The number of aliphatic imine (C=N–C) groups is 1. The van der Waals surface area contributed by atoms with Crippen molar-refractivity contribution < 1.29 is 0 Å². The predicted octanol–water partition coefficient (Wildman–Crippen LogP) is 2.99. The van der Waals surface area contributed by atoms with Gasteiger partial charge in [0.2, 0.25) is 0 Å². The summed E-state index contributed by atoms with van der Waals surface area (Å²) in [6.45, 7) is 2.57. The zero-order valence-corrected chi connectivity index (χ0v) is 10.3. The minimum absolute atomic E-state index is 0.460. The van der Waals surface area contributed by atoms with E-state index in [-0.39, 0.29) is 0 Å². The van der Waals surface area contributed by atoms with Crippen molar-refractivity contribution in [3.8, 4) is 0 Å². The second-order valence-electron chi connectivity index (χ2n) is 4.36. The van der Waals surface area contributed by atoms with Gasteiger partial charge in [0.25, 0.3) is 0 Å². The summed E-state index contributed by atoms with van der Waals surface area (Å²) in [7, 11) is 0. The van der Waals surface area contributed by atoms with Gasteiger partial charge in [0.1, 0.15) is 0 Å². The van der Waals surface area contributed by atoms with Crippen LogP contribution in [0.2, 0.25) is 0 Å². The molecule has 90 valence electrons. The Kier molecular flexibility index (Phi) is 2.61. The summed E-state index contributed by atoms with van der Waals surface area (Å²) in [4.78, 5) is 7.84. The monoisotopic (exact) mass is 237 g/mol. The predicted molar refractivity (Wildman–Crippen MR) is 75.9 cm³/mol. The number of hydrogen-bond acceptors (Lipinski definition) is 2. The van der Waals surface area contributed by atoms with Gasteiger partial charge in [-0.25, -0.2) is 0 Å². The Balaban J connectivity index is 2.22. The SMILES string of the molecule is CC(=C1C(CN)=Nc2ccccc21)c1ccc[nH]1. The average molecular weight is 237 g/mol. The van der Waals surface area contributed by atoms with Crippen molar-refractivity contribution in [2.45, 2.75) is 6.92 Å². The lowest BCUT2D eigenvalue weighted by Gasteiger charge is -2.08. The maximum Gasteiger partial charge on any atom is 0.0712 e. The summed E-state index contributed by atoms with van der Waals surface area (Å²) in [5.74, 6) is 0. The zero-order valence-electron chi connectivity index (χ0n) is 10.3. The molecule has 0 unspecified atom stereocenters. The molecule has 0 bridgehead atoms. The molecule has 0 saturated heterocycles. The first-order valence-electron chi connectivity index (χ1n) is 6.03. The topological polar surface area (TPSA) is 54.2 Å². The van der Waals surface area contributed by atoms with E-state index in [1.807, 2.05) is 30.5 Å². The Morgan fingerprint density at radius 1 is 1.22 bits per heavy atom. The Morgan fingerprint density at radius 3 is 2.78 bits per heavy atom. The lowest BCUT2D eigenvalue weighted by atomic mass is 9.96. The molecule has 0 atom stereocenters. The van der Waals surface area contributed by atoms with Crippen molar-refractivity contribution in [3.63, 3.8) is 0 Å². The Labute approximate surface area is 106 Å². The van der Waals surface area contributed by atoms with Crippen molar-refractivity contribution in [3.05, 3.63) is 53.9 Å². The third-order valence-electron chi connectivity index (χ3n) is 3.29. The number of nitrogens with two attached hydrogens (primary N) is 1. The van der Waals surface area contributed by atoms with Crippen LogP contribution in [-0.4, -0.2) is 17.2 Å². The molecule has 0 radical (unpaired) electrons. The molecule has 0 saturated carbocycles. The van der Waals surface area contributed by atoms with Crippen molar-refractivity contribution >= 4 is 22.5 Å². The molecule has 3 rings (SSSR count). The van der Waals surface area contributed by atoms with Gasteiger partial charge >= 0.3 is 0 Å². The molecule has 0 spiro atoms. The maximum absolute atomic E-state index is 5.82. The number of para-hydroxylation sites is 1. The smallest absolute Gasteiger partial charge is 0.0712 e. The quantitative estimate of drug-likeness (QED) is 0.828. The molecule has 0 aliphatic carbocycles. The fourth-order valence-electron chi connectivity index (χ4n) is 2.40. The maximum atomic E-state index is 5.82. The molecular formula is C15H15N3. The number of hydrogen-bond donors (Lipinski definition) is 2. The van der Waals surface area contributed by atoms with Crippen LogP contribution < -0.4 is 5.73 Å². The molecule has 1 aliphatic rings. The minimum Gasteiger partial charge on any atom is -0.361 e. The van der Waals surface area contributed by atoms with Crippen LogP contribution >= 0.6 is 0 Å². The van der Waals surface area contributed by atoms with Crippen LogP contribution in [-0.2, 0) is 0 Å². The van der Waals surface area contributed by atoms with E-state index in [0.717, 1.165) is 22.7 Å². The molecule has 3 N–H and O–H groups in total. The molecule has 18 heavy (non-hydrogen) atoms. The second kappa shape index (κ2) is 4.27. The van der Waals surface area contributed by atoms with Crippen LogP contribution in [0.15, 0.2) is 47.6 Å². The van der Waals surface area contributed by atoms with Gasteiger partial charge in [-0.3, -0.25) is 4.99 Å². The van der Waals surface area contributed by atoms with Crippen molar-refractivity contribution in [2.24, 2.45) is 10.7 Å². The summed E-state index contributed by atoms with van der Waals surface area (Å²) in [5.41, 5.74) is 12.4. The van der Waals surface area contributed by atoms with Crippen LogP contribution in [0.3, 0.4) is 0 Å². The van der Waals surface area contributed by atoms with Gasteiger partial charge in [0, 0.05) is 29.6 Å². The lowest BCUT2D eigenvalue weighted by molar-refractivity contribution is 1.31. The van der Waals surface area contributed by atoms with E-state index >= 15 is 0 Å². The zero-order chi connectivity index (χ0) is 12.5. The van der Waals surface area contributed by atoms with Gasteiger partial charge in [-0.05, 0) is 30.7 Å². The number of H-pyrrole nitrogens is 1. The van der Waals surface area contributed by atoms with Crippen LogP contribution in [0, 0.1) is 0 Å². The molecular weight excluding hydrogens is 222 g/mol. The van der Waals surface area contributed by atoms with E-state index in [4.69, 9.17) is 5.73 Å². The highest BCUT2D eigenvalue weighted by atomic mass is 14.8. The van der Waals surface area contributed by atoms with E-state index in [0.29, 0.717) is 6.54 Å². The second-order valence-corrected chi connectivity index (χ2v) is 4.36. The molecule has 0 amide bonds. The van der Waals surface area contributed by atoms with Gasteiger partial charge in [0.15, 0.2) is 0 Å². The van der Waals surface area contributed by atoms with Gasteiger partial charge in [-0.1, -0.05) is 18.2 Å². The number of aromatic amines is 1. The highest BCUT2D eigenvalue weighted by Gasteiger charge is 2.22. The first-order chi connectivity index (χ1) is 8.81. The van der Waals surface area contributed by atoms with E-state index in [1.54, 1.807) is 0 Å². The van der Waals surface area contributed by atoms with Gasteiger partial charge in [0.05, 0.1) is 11.4 Å². The molecule has 3 heteroatoms. The summed E-state index contributed by atoms with van der Waals surface area (Å²) in [6.07, 6.45) is 1.93. The van der Waals surface area contributed by atoms with Crippen LogP contribution in [0.1, 0.15) is 18.2 Å². The van der Waals surface area contributed by atoms with Crippen molar-refractivity contribution in [1.29, 1.82) is 0 Å². The summed E-state index contributed by atoms with van der Waals surface area (Å²) in [6, 6.07) is 12.2. The minimum atomic E-state index is 0.460. The third kappa shape index (κ3) is 1.60. The highest BCUT2D eigenvalue weighted by molar-refractivity contribution is 6.35. The fourth-order valence-corrected chi connectivity index (χ4v) is 2.40. The molecule has 1 aromatic heterocycles. The average Bonchev–Trinajstić information content (AvgIpc) is 3.04. The standard InChI is InChI=1S/C15H15N3/c1-10(12-7-4-8-17-12)15-11-5-2-3-6-13(11)18-14(15)9-16/h2-8,17H,9,16H2,1H3. The van der Waals surface area contributed by atoms with E-state index in [2.05, 4.69) is 29.0 Å². The number of rotatable bonds is 2. The number of aromatic nitrogens is 1. The third-order valence-corrected chi connectivity index (χ3v) is 3.29. The van der Waals surface area contributed by atoms with Gasteiger partial charge in [-0.15, -0.1) is 0 Å². The van der Waals surface area contributed by atoms with E-state index in [9.17, 15) is 0 Å². The van der Waals surface area contributed by atoms with Gasteiger partial charge < -0.3 is 10.7 Å². The molecule has 1 aromatic carbocycles. The number of fused-ring (bicyclic) bond motifs is 1. The van der Waals surface area contributed by atoms with Crippen LogP contribution in [0.25, 0.3) is 11.1 Å². The highest BCUT2D eigenvalue weighted by Crippen LogP contribution is 2.38. The fraction of sp³-hybridized carbons (Fsp3) is 0.133. The summed E-state index contributed by atoms with van der Waals surface area (Å²) < 4.78 is 0. The summed E-state index contributed by atoms with van der Waals surface area (Å²) in [5, 5.41) is 0. The molecule has 3 nitrogen and oxygen atoms in total. The van der Waals surface area contributed by atoms with Crippen LogP contribution in [0.4, 0.5) is 5.69 Å². The molecule has 2 aromatic rings. The number of nitrogens with one attached hydrogen (secondary N) is 1. The van der Waals surface area contributed by atoms with E-state index in [1.165, 1.54) is 11.1 Å². The largest absolute Gasteiger partial charge is 0.361 e. The van der Waals surface area contributed by atoms with E-state index < -0.39 is 0 Å². The molecule has 0 fully saturated rings. The first kappa shape index (κ1) is 11.0. The molecule has 2 heterocycles. The Morgan fingerprint density at radius 2 is 2.06 bits per heavy atom. The molecule has 1 aliphatic heterocycles. The Bertz CT molecular complexity index is 634. The first-order valence-corrected chi connectivity index (χ1v) is 6.03. The van der Waals surface area contributed by atoms with Gasteiger partial charge in [-0.2, -0.15) is 0 Å². The number of benzene rings is 1. The van der Waals surface area contributed by atoms with Crippen molar-refractivity contribution in [1.82, 2.24) is 4.98 Å².